The topological polar surface area (TPSA) is 87.6 Å². The van der Waals surface area contributed by atoms with Gasteiger partial charge in [0, 0.05) is 7.05 Å². The summed E-state index contributed by atoms with van der Waals surface area (Å²) in [7, 11) is -2.10. The van der Waals surface area contributed by atoms with Gasteiger partial charge in [-0.2, -0.15) is 4.37 Å². The molecule has 1 N–H and O–H groups in total. The van der Waals surface area contributed by atoms with Crippen LogP contribution in [0.3, 0.4) is 0 Å². The number of carboxylic acids is 1. The molecule has 0 saturated heterocycles. The zero-order valence-electron chi connectivity index (χ0n) is 12.2. The highest BCUT2D eigenvalue weighted by Gasteiger charge is 2.30. The summed E-state index contributed by atoms with van der Waals surface area (Å²) in [6.45, 7) is 1.57. The van der Waals surface area contributed by atoms with Gasteiger partial charge in [0.2, 0.25) is 10.0 Å². The largest absolute Gasteiger partial charge is 0.478 e. The highest BCUT2D eigenvalue weighted by molar-refractivity contribution is 7.92. The van der Waals surface area contributed by atoms with E-state index in [1.807, 2.05) is 0 Å². The molecule has 0 radical (unpaired) electrons. The van der Waals surface area contributed by atoms with Crippen molar-refractivity contribution >= 4 is 32.5 Å². The SMILES string of the molecule is Cc1nsc(N(C)S(=O)(=O)CC2CCCCC2)c1C(=O)O. The first-order chi connectivity index (χ1) is 9.83. The van der Waals surface area contributed by atoms with Crippen LogP contribution < -0.4 is 4.31 Å². The minimum absolute atomic E-state index is 0.0188. The Balaban J connectivity index is 2.21. The molecule has 1 aromatic heterocycles. The summed E-state index contributed by atoms with van der Waals surface area (Å²) in [6, 6.07) is 0. The van der Waals surface area contributed by atoms with Crippen LogP contribution in [0.4, 0.5) is 5.00 Å². The first kappa shape index (κ1) is 16.2. The summed E-state index contributed by atoms with van der Waals surface area (Å²) >= 11 is 0.917. The van der Waals surface area contributed by atoms with Crippen molar-refractivity contribution in [3.63, 3.8) is 0 Å². The molecule has 8 heteroatoms. The van der Waals surface area contributed by atoms with Crippen molar-refractivity contribution in [2.45, 2.75) is 39.0 Å². The van der Waals surface area contributed by atoms with Gasteiger partial charge in [-0.1, -0.05) is 19.3 Å². The van der Waals surface area contributed by atoms with Gasteiger partial charge in [0.25, 0.3) is 0 Å². The van der Waals surface area contributed by atoms with Crippen molar-refractivity contribution in [1.82, 2.24) is 4.37 Å². The number of hydrogen-bond acceptors (Lipinski definition) is 5. The van der Waals surface area contributed by atoms with E-state index in [-0.39, 0.29) is 22.2 Å². The van der Waals surface area contributed by atoms with Crippen LogP contribution in [0.5, 0.6) is 0 Å². The lowest BCUT2D eigenvalue weighted by atomic mass is 9.91. The van der Waals surface area contributed by atoms with Crippen LogP contribution >= 0.6 is 11.5 Å². The van der Waals surface area contributed by atoms with Gasteiger partial charge in [-0.25, -0.2) is 13.2 Å². The molecule has 1 saturated carbocycles. The third kappa shape index (κ3) is 3.55. The fourth-order valence-corrected chi connectivity index (χ4v) is 5.40. The van der Waals surface area contributed by atoms with Crippen molar-refractivity contribution in [2.75, 3.05) is 17.1 Å². The molecule has 2 rings (SSSR count). The van der Waals surface area contributed by atoms with E-state index in [2.05, 4.69) is 4.37 Å². The summed E-state index contributed by atoms with van der Waals surface area (Å²) in [5.41, 5.74) is 0.330. The molecule has 0 aromatic carbocycles. The van der Waals surface area contributed by atoms with E-state index >= 15 is 0 Å². The molecule has 0 spiro atoms. The van der Waals surface area contributed by atoms with E-state index in [9.17, 15) is 18.3 Å². The molecule has 1 aliphatic carbocycles. The van der Waals surface area contributed by atoms with Crippen LogP contribution in [0.25, 0.3) is 0 Å². The second-order valence-electron chi connectivity index (χ2n) is 5.50. The van der Waals surface area contributed by atoms with Crippen LogP contribution in [-0.4, -0.2) is 36.7 Å². The molecule has 0 atom stereocenters. The van der Waals surface area contributed by atoms with Gasteiger partial charge in [0.15, 0.2) is 0 Å². The Bertz CT molecular complexity index is 618. The summed E-state index contributed by atoms with van der Waals surface area (Å²) < 4.78 is 30.1. The van der Waals surface area contributed by atoms with Crippen LogP contribution in [-0.2, 0) is 10.0 Å². The van der Waals surface area contributed by atoms with Crippen LogP contribution in [0.15, 0.2) is 0 Å². The molecule has 0 aliphatic heterocycles. The summed E-state index contributed by atoms with van der Waals surface area (Å²) in [6.07, 6.45) is 5.18. The highest BCUT2D eigenvalue weighted by Crippen LogP contribution is 2.32. The fraction of sp³-hybridized carbons (Fsp3) is 0.692. The number of aromatic carboxylic acids is 1. The second-order valence-corrected chi connectivity index (χ2v) is 8.30. The number of carboxylic acid groups (broad SMARTS) is 1. The zero-order valence-corrected chi connectivity index (χ0v) is 13.8. The first-order valence-electron chi connectivity index (χ1n) is 6.99. The molecule has 1 aromatic rings. The van der Waals surface area contributed by atoms with Gasteiger partial charge >= 0.3 is 5.97 Å². The smallest absolute Gasteiger partial charge is 0.340 e. The summed E-state index contributed by atoms with van der Waals surface area (Å²) in [5.74, 6) is -0.885. The van der Waals surface area contributed by atoms with E-state index in [0.29, 0.717) is 5.69 Å². The fourth-order valence-electron chi connectivity index (χ4n) is 2.71. The molecule has 0 amide bonds. The van der Waals surface area contributed by atoms with Gasteiger partial charge in [-0.15, -0.1) is 0 Å². The minimum Gasteiger partial charge on any atom is -0.478 e. The molecule has 1 aliphatic rings. The number of aromatic nitrogens is 1. The number of carbonyl (C=O) groups is 1. The Hall–Kier alpha value is -1.15. The van der Waals surface area contributed by atoms with Crippen LogP contribution in [0, 0.1) is 12.8 Å². The lowest BCUT2D eigenvalue weighted by molar-refractivity contribution is 0.0697. The van der Waals surface area contributed by atoms with Gasteiger partial charge in [0.05, 0.1) is 11.4 Å². The van der Waals surface area contributed by atoms with Crippen molar-refractivity contribution in [1.29, 1.82) is 0 Å². The van der Waals surface area contributed by atoms with Crippen LogP contribution in [0.2, 0.25) is 0 Å². The normalized spacial score (nSPS) is 16.9. The molecule has 1 fully saturated rings. The Morgan fingerprint density at radius 2 is 2.00 bits per heavy atom. The monoisotopic (exact) mass is 332 g/mol. The van der Waals surface area contributed by atoms with Crippen LogP contribution in [0.1, 0.15) is 48.2 Å². The molecular formula is C13H20N2O4S2. The van der Waals surface area contributed by atoms with Crippen molar-refractivity contribution in [3.8, 4) is 0 Å². The number of hydrogen-bond donors (Lipinski definition) is 1. The standard InChI is InChI=1S/C13H20N2O4S2/c1-9-11(13(16)17)12(20-14-9)15(2)21(18,19)8-10-6-4-3-5-7-10/h10H,3-8H2,1-2H3,(H,16,17). The lowest BCUT2D eigenvalue weighted by Gasteiger charge is -2.25. The van der Waals surface area contributed by atoms with E-state index in [1.165, 1.54) is 13.5 Å². The summed E-state index contributed by atoms with van der Waals surface area (Å²) in [4.78, 5) is 11.3. The molecule has 6 nitrogen and oxygen atoms in total. The molecule has 1 heterocycles. The third-order valence-corrected chi connectivity index (χ3v) is 6.97. The quantitative estimate of drug-likeness (QED) is 0.895. The molecule has 21 heavy (non-hydrogen) atoms. The summed E-state index contributed by atoms with van der Waals surface area (Å²) in [5, 5.41) is 9.41. The Morgan fingerprint density at radius 3 is 2.57 bits per heavy atom. The maximum atomic E-state index is 12.5. The second kappa shape index (κ2) is 6.31. The predicted molar refractivity (Wildman–Crippen MR) is 82.6 cm³/mol. The van der Waals surface area contributed by atoms with Gasteiger partial charge in [-0.3, -0.25) is 4.31 Å². The maximum Gasteiger partial charge on any atom is 0.340 e. The predicted octanol–water partition coefficient (Wildman–Crippen LogP) is 2.50. The van der Waals surface area contributed by atoms with Crippen molar-refractivity contribution in [3.05, 3.63) is 11.3 Å². The van der Waals surface area contributed by atoms with E-state index < -0.39 is 16.0 Å². The van der Waals surface area contributed by atoms with Gasteiger partial charge < -0.3 is 5.11 Å². The average Bonchev–Trinajstić information content (AvgIpc) is 2.80. The number of nitrogens with zero attached hydrogens (tertiary/aromatic N) is 2. The number of aryl methyl sites for hydroxylation is 1. The maximum absolute atomic E-state index is 12.5. The van der Waals surface area contributed by atoms with Crippen molar-refractivity contribution < 1.29 is 18.3 Å². The Kier molecular flexibility index (Phi) is 4.88. The average molecular weight is 332 g/mol. The van der Waals surface area contributed by atoms with Crippen molar-refractivity contribution in [2.24, 2.45) is 5.92 Å². The highest BCUT2D eigenvalue weighted by atomic mass is 32.2. The number of sulfonamides is 1. The number of anilines is 1. The molecular weight excluding hydrogens is 312 g/mol. The Labute approximate surface area is 129 Å². The Morgan fingerprint density at radius 1 is 1.38 bits per heavy atom. The van der Waals surface area contributed by atoms with E-state index in [0.717, 1.165) is 41.5 Å². The van der Waals surface area contributed by atoms with Gasteiger partial charge in [-0.05, 0) is 37.2 Å². The van der Waals surface area contributed by atoms with E-state index in [1.54, 1.807) is 6.92 Å². The third-order valence-electron chi connectivity index (χ3n) is 3.93. The molecule has 118 valence electrons. The first-order valence-corrected chi connectivity index (χ1v) is 9.37. The zero-order chi connectivity index (χ0) is 15.6. The molecule has 0 unspecified atom stereocenters. The van der Waals surface area contributed by atoms with Gasteiger partial charge in [0.1, 0.15) is 10.6 Å². The molecule has 0 bridgehead atoms. The number of rotatable bonds is 5. The van der Waals surface area contributed by atoms with E-state index in [4.69, 9.17) is 0 Å². The lowest BCUT2D eigenvalue weighted by Crippen LogP contribution is -2.33. The minimum atomic E-state index is -3.52.